The van der Waals surface area contributed by atoms with E-state index in [0.717, 1.165) is 64.2 Å². The van der Waals surface area contributed by atoms with Crippen LogP contribution in [0.2, 0.25) is 0 Å². The third-order valence-electron chi connectivity index (χ3n) is 10.0. The monoisotopic (exact) mass is 655 g/mol. The van der Waals surface area contributed by atoms with Gasteiger partial charge in [0, 0.05) is 25.0 Å². The lowest BCUT2D eigenvalue weighted by Gasteiger charge is -2.39. The molecule has 0 aliphatic carbocycles. The fraction of sp³-hybridized carbons (Fsp3) is 0.944. The molecule has 0 amide bonds. The second-order valence-corrected chi connectivity index (χ2v) is 14.3. The zero-order valence-electron chi connectivity index (χ0n) is 30.0. The Balaban J connectivity index is 1.94. The first-order chi connectivity index (χ1) is 22.2. The first kappa shape index (κ1) is 40.9. The first-order valence-electron chi connectivity index (χ1n) is 18.9. The van der Waals surface area contributed by atoms with Crippen LogP contribution in [0.3, 0.4) is 0 Å². The van der Waals surface area contributed by atoms with E-state index in [9.17, 15) is 20.4 Å². The summed E-state index contributed by atoms with van der Waals surface area (Å²) in [6.45, 7) is 14.1. The normalized spacial score (nSPS) is 21.5. The third kappa shape index (κ3) is 16.2. The number of quaternary nitrogens is 2. The number of likely N-dealkylation sites (tertiary alicyclic amines) is 2. The summed E-state index contributed by atoms with van der Waals surface area (Å²) >= 11 is 0. The van der Waals surface area contributed by atoms with Gasteiger partial charge >= 0.3 is 0 Å². The quantitative estimate of drug-likeness (QED) is 0.0858. The van der Waals surface area contributed by atoms with Gasteiger partial charge in [-0.15, -0.1) is 10.2 Å². The van der Waals surface area contributed by atoms with Gasteiger partial charge in [-0.3, -0.25) is 0 Å². The highest BCUT2D eigenvalue weighted by atomic mass is 16.5. The molecule has 4 unspecified atom stereocenters. The third-order valence-corrected chi connectivity index (χ3v) is 10.0. The van der Waals surface area contributed by atoms with Crippen molar-refractivity contribution in [3.63, 3.8) is 0 Å². The zero-order chi connectivity index (χ0) is 33.7. The number of piperidine rings is 2. The van der Waals surface area contributed by atoms with Crippen LogP contribution in [0.5, 0.6) is 0 Å². The van der Waals surface area contributed by atoms with Gasteiger partial charge in [0.15, 0.2) is 0 Å². The van der Waals surface area contributed by atoms with Gasteiger partial charge in [-0.05, 0) is 76.0 Å². The van der Waals surface area contributed by atoms with E-state index in [1.807, 2.05) is 0 Å². The van der Waals surface area contributed by atoms with Gasteiger partial charge in [0.25, 0.3) is 0 Å². The molecular weight excluding hydrogens is 584 g/mol. The number of aliphatic hydroxyl groups is 2. The Morgan fingerprint density at radius 1 is 0.609 bits per heavy atom. The van der Waals surface area contributed by atoms with Crippen LogP contribution < -0.4 is 10.2 Å². The molecule has 4 atom stereocenters. The summed E-state index contributed by atoms with van der Waals surface area (Å²) in [6, 6.07) is 0. The van der Waals surface area contributed by atoms with Crippen molar-refractivity contribution in [3.8, 4) is 0 Å². The lowest BCUT2D eigenvalue weighted by Crippen LogP contribution is -2.53. The Hall–Kier alpha value is -1.30. The Bertz CT molecular complexity index is 776. The standard InChI is InChI=1S/C36H70N4O6/c1-5-9-17-31(7-3)27-45-29-33(41)25-39(21-13-11-14-22-39)37-35(43)19-20-36(44)38-40(23-15-12-16-24-40)26-34(42)30-46-28-32(8-4)18-10-6-2/h31-34,41-42H,5-30H2,1-4H3. The Morgan fingerprint density at radius 2 is 0.978 bits per heavy atom. The van der Waals surface area contributed by atoms with Crippen LogP contribution in [0, 0.1) is 11.8 Å². The molecule has 2 saturated heterocycles. The van der Waals surface area contributed by atoms with E-state index >= 15 is 0 Å². The fourth-order valence-electron chi connectivity index (χ4n) is 7.06. The molecule has 2 aliphatic heterocycles. The number of hydrogen-bond acceptors (Lipinski definition) is 8. The molecule has 0 spiro atoms. The minimum atomic E-state index is -0.696. The topological polar surface area (TPSA) is 130 Å². The first-order valence-corrected chi connectivity index (χ1v) is 18.9. The zero-order valence-corrected chi connectivity index (χ0v) is 30.0. The maximum Gasteiger partial charge on any atom is 0.131 e. The van der Waals surface area contributed by atoms with Crippen LogP contribution in [0.25, 0.3) is 0 Å². The van der Waals surface area contributed by atoms with Gasteiger partial charge in [-0.25, -0.2) is 0 Å². The second-order valence-electron chi connectivity index (χ2n) is 14.3. The lowest BCUT2D eigenvalue weighted by molar-refractivity contribution is -0.943. The van der Waals surface area contributed by atoms with Gasteiger partial charge in [0.05, 0.1) is 13.2 Å². The Labute approximate surface area is 281 Å². The van der Waals surface area contributed by atoms with Gasteiger partial charge in [0.2, 0.25) is 0 Å². The molecule has 270 valence electrons. The van der Waals surface area contributed by atoms with Crippen molar-refractivity contribution in [2.24, 2.45) is 22.0 Å². The minimum absolute atomic E-state index is 0.00632. The highest BCUT2D eigenvalue weighted by Gasteiger charge is 2.34. The van der Waals surface area contributed by atoms with Gasteiger partial charge in [0.1, 0.15) is 51.5 Å². The number of aliphatic hydroxyl groups excluding tert-OH is 2. The summed E-state index contributed by atoms with van der Waals surface area (Å²) in [5, 5.41) is 57.1. The summed E-state index contributed by atoms with van der Waals surface area (Å²) in [6.07, 6.45) is 13.8. The minimum Gasteiger partial charge on any atom is -0.858 e. The molecule has 10 nitrogen and oxygen atoms in total. The number of unbranched alkanes of at least 4 members (excludes halogenated alkanes) is 2. The van der Waals surface area contributed by atoms with Crippen LogP contribution in [-0.2, 0) is 9.47 Å². The van der Waals surface area contributed by atoms with E-state index in [2.05, 4.69) is 37.9 Å². The van der Waals surface area contributed by atoms with Crippen molar-refractivity contribution < 1.29 is 39.1 Å². The van der Waals surface area contributed by atoms with E-state index in [0.29, 0.717) is 64.3 Å². The molecule has 0 aromatic rings. The second kappa shape index (κ2) is 23.1. The maximum absolute atomic E-state index is 13.1. The number of nitrogens with zero attached hydrogens (tertiary/aromatic N) is 4. The highest BCUT2D eigenvalue weighted by Crippen LogP contribution is 2.23. The molecule has 0 aromatic heterocycles. The average Bonchev–Trinajstić information content (AvgIpc) is 3.04. The average molecular weight is 655 g/mol. The molecule has 2 heterocycles. The van der Waals surface area contributed by atoms with Crippen LogP contribution >= 0.6 is 0 Å². The van der Waals surface area contributed by atoms with Crippen molar-refractivity contribution in [1.82, 2.24) is 0 Å². The van der Waals surface area contributed by atoms with E-state index < -0.39 is 12.2 Å². The molecule has 2 rings (SSSR count). The van der Waals surface area contributed by atoms with Crippen LogP contribution in [0.15, 0.2) is 10.2 Å². The van der Waals surface area contributed by atoms with E-state index in [-0.39, 0.29) is 47.0 Å². The molecule has 0 radical (unpaired) electrons. The largest absolute Gasteiger partial charge is 0.858 e. The molecule has 0 aromatic carbocycles. The van der Waals surface area contributed by atoms with Gasteiger partial charge in [-0.2, -0.15) is 9.18 Å². The highest BCUT2D eigenvalue weighted by molar-refractivity contribution is 5.78. The summed E-state index contributed by atoms with van der Waals surface area (Å²) in [7, 11) is 0. The van der Waals surface area contributed by atoms with Crippen molar-refractivity contribution in [3.05, 3.63) is 0 Å². The predicted molar refractivity (Wildman–Crippen MR) is 182 cm³/mol. The molecule has 2 aliphatic rings. The Kier molecular flexibility index (Phi) is 20.5. The Morgan fingerprint density at radius 3 is 1.30 bits per heavy atom. The van der Waals surface area contributed by atoms with Gasteiger partial charge in [-0.1, -0.05) is 66.2 Å². The summed E-state index contributed by atoms with van der Waals surface area (Å²) in [5.41, 5.74) is 0. The van der Waals surface area contributed by atoms with E-state index in [4.69, 9.17) is 9.47 Å². The molecule has 46 heavy (non-hydrogen) atoms. The van der Waals surface area contributed by atoms with E-state index in [1.165, 1.54) is 25.7 Å². The number of hydrogen-bond donors (Lipinski definition) is 2. The van der Waals surface area contributed by atoms with Crippen molar-refractivity contribution in [1.29, 1.82) is 0 Å². The number of rotatable bonds is 25. The van der Waals surface area contributed by atoms with Crippen molar-refractivity contribution in [2.45, 2.75) is 143 Å². The lowest BCUT2D eigenvalue weighted by atomic mass is 10.0. The van der Waals surface area contributed by atoms with Crippen LogP contribution in [0.4, 0.5) is 0 Å². The van der Waals surface area contributed by atoms with Crippen molar-refractivity contribution >= 4 is 11.8 Å². The predicted octanol–water partition coefficient (Wildman–Crippen LogP) is 4.30. The number of ether oxygens (including phenoxy) is 2. The molecule has 0 saturated carbocycles. The van der Waals surface area contributed by atoms with Crippen LogP contribution in [-0.4, -0.2) is 109 Å². The van der Waals surface area contributed by atoms with Gasteiger partial charge < -0.3 is 29.9 Å². The summed E-state index contributed by atoms with van der Waals surface area (Å²) in [4.78, 5) is 0. The smallest absolute Gasteiger partial charge is 0.131 e. The summed E-state index contributed by atoms with van der Waals surface area (Å²) in [5.74, 6) is 0.403. The van der Waals surface area contributed by atoms with E-state index in [1.54, 1.807) is 0 Å². The molecule has 0 bridgehead atoms. The maximum atomic E-state index is 13.1. The SMILES string of the molecule is CCCCC(CC)COCC(O)C[N+]1(/N=C(\[O-])CC/C([O-])=N/[N+]2(CC(O)COCC(CC)CCCC)CCCCC2)CCCCC1. The molecular formula is C36H70N4O6. The molecule has 10 heteroatoms. The summed E-state index contributed by atoms with van der Waals surface area (Å²) < 4.78 is 12.2. The van der Waals surface area contributed by atoms with Crippen LogP contribution in [0.1, 0.15) is 130 Å². The molecule has 2 fully saturated rings. The fourth-order valence-corrected chi connectivity index (χ4v) is 7.06. The van der Waals surface area contributed by atoms with Crippen molar-refractivity contribution in [2.75, 3.05) is 65.7 Å². The molecule has 2 N–H and O–H groups in total.